The van der Waals surface area contributed by atoms with Crippen LogP contribution < -0.4 is 0 Å². The van der Waals surface area contributed by atoms with Crippen molar-refractivity contribution >= 4 is 33.2 Å². The van der Waals surface area contributed by atoms with Crippen LogP contribution in [-0.2, 0) is 22.4 Å². The van der Waals surface area contributed by atoms with Gasteiger partial charge in [-0.3, -0.25) is 0 Å². The highest BCUT2D eigenvalue weighted by Gasteiger charge is 2.20. The van der Waals surface area contributed by atoms with Crippen molar-refractivity contribution in [2.75, 3.05) is 7.05 Å². The van der Waals surface area contributed by atoms with Gasteiger partial charge in [0.05, 0.1) is 4.90 Å². The Labute approximate surface area is 135 Å². The van der Waals surface area contributed by atoms with Crippen LogP contribution in [0.4, 0.5) is 0 Å². The molecule has 0 fully saturated rings. The molecule has 0 radical (unpaired) electrons. The Balaban J connectivity index is 2.19. The van der Waals surface area contributed by atoms with Gasteiger partial charge < -0.3 is 0 Å². The third-order valence-corrected chi connectivity index (χ3v) is 5.48. The molecule has 2 aromatic rings. The van der Waals surface area contributed by atoms with Crippen molar-refractivity contribution in [3.63, 3.8) is 0 Å². The lowest BCUT2D eigenvalue weighted by molar-refractivity contribution is 0.466. The van der Waals surface area contributed by atoms with E-state index in [-0.39, 0.29) is 11.4 Å². The van der Waals surface area contributed by atoms with E-state index in [1.54, 1.807) is 43.4 Å². The quantitative estimate of drug-likeness (QED) is 0.772. The second kappa shape index (κ2) is 6.79. The van der Waals surface area contributed by atoms with Gasteiger partial charge in [-0.2, -0.15) is 4.31 Å². The van der Waals surface area contributed by atoms with E-state index in [1.165, 1.54) is 4.31 Å². The number of hydrogen-bond donors (Lipinski definition) is 0. The van der Waals surface area contributed by atoms with Crippen LogP contribution in [0.15, 0.2) is 53.4 Å². The van der Waals surface area contributed by atoms with Crippen molar-refractivity contribution in [3.8, 4) is 0 Å². The van der Waals surface area contributed by atoms with Gasteiger partial charge in [0, 0.05) is 24.5 Å². The molecule has 0 heterocycles. The fourth-order valence-corrected chi connectivity index (χ4v) is 3.33. The van der Waals surface area contributed by atoms with Gasteiger partial charge in [0.25, 0.3) is 0 Å². The number of sulfonamides is 1. The Morgan fingerprint density at radius 1 is 0.952 bits per heavy atom. The van der Waals surface area contributed by atoms with Gasteiger partial charge in [-0.15, -0.1) is 11.6 Å². The second-order valence-corrected chi connectivity index (χ2v) is 7.41. The zero-order valence-corrected chi connectivity index (χ0v) is 13.8. The maximum Gasteiger partial charge on any atom is 0.243 e. The molecule has 0 unspecified atom stereocenters. The predicted molar refractivity (Wildman–Crippen MR) is 86.1 cm³/mol. The molecule has 0 atom stereocenters. The minimum Gasteiger partial charge on any atom is -0.207 e. The Bertz CT molecular complexity index is 697. The summed E-state index contributed by atoms with van der Waals surface area (Å²) in [5, 5.41) is 0.626. The normalized spacial score (nSPS) is 11.8. The van der Waals surface area contributed by atoms with Crippen LogP contribution in [0.2, 0.25) is 5.02 Å². The monoisotopic (exact) mass is 343 g/mol. The first kappa shape index (κ1) is 16.3. The van der Waals surface area contributed by atoms with Crippen LogP contribution in [0, 0.1) is 0 Å². The van der Waals surface area contributed by atoms with Crippen molar-refractivity contribution in [1.29, 1.82) is 0 Å². The van der Waals surface area contributed by atoms with Gasteiger partial charge in [-0.25, -0.2) is 8.42 Å². The molecule has 2 rings (SSSR count). The molecule has 0 aliphatic carbocycles. The van der Waals surface area contributed by atoms with E-state index in [0.29, 0.717) is 10.9 Å². The molecule has 21 heavy (non-hydrogen) atoms. The summed E-state index contributed by atoms with van der Waals surface area (Å²) in [7, 11) is -1.96. The summed E-state index contributed by atoms with van der Waals surface area (Å²) in [6, 6.07) is 13.7. The molecule has 0 bridgehead atoms. The van der Waals surface area contributed by atoms with Gasteiger partial charge in [-0.05, 0) is 35.4 Å². The summed E-state index contributed by atoms with van der Waals surface area (Å²) in [6.07, 6.45) is 0. The first-order valence-corrected chi connectivity index (χ1v) is 8.64. The average molecular weight is 344 g/mol. The summed E-state index contributed by atoms with van der Waals surface area (Å²) < 4.78 is 26.3. The standard InChI is InChI=1S/C15H15Cl2NO2S/c1-18(11-13-2-6-14(17)7-3-13)21(19,20)15-8-4-12(10-16)5-9-15/h2-9H,10-11H2,1H3. The zero-order valence-electron chi connectivity index (χ0n) is 11.5. The number of halogens is 2. The molecule has 0 aliphatic rings. The van der Waals surface area contributed by atoms with Gasteiger partial charge in [0.1, 0.15) is 0 Å². The van der Waals surface area contributed by atoms with E-state index in [1.807, 2.05) is 12.1 Å². The van der Waals surface area contributed by atoms with Crippen LogP contribution in [0.25, 0.3) is 0 Å². The van der Waals surface area contributed by atoms with Crippen LogP contribution in [0.3, 0.4) is 0 Å². The van der Waals surface area contributed by atoms with E-state index in [9.17, 15) is 8.42 Å². The molecule has 112 valence electrons. The minimum atomic E-state index is -3.52. The van der Waals surface area contributed by atoms with Crippen LogP contribution in [0.5, 0.6) is 0 Å². The smallest absolute Gasteiger partial charge is 0.207 e. The van der Waals surface area contributed by atoms with Crippen molar-refractivity contribution in [2.45, 2.75) is 17.3 Å². The van der Waals surface area contributed by atoms with E-state index in [0.717, 1.165) is 11.1 Å². The van der Waals surface area contributed by atoms with Gasteiger partial charge in [-0.1, -0.05) is 35.9 Å². The lowest BCUT2D eigenvalue weighted by atomic mass is 10.2. The highest BCUT2D eigenvalue weighted by atomic mass is 35.5. The predicted octanol–water partition coefficient (Wildman–Crippen LogP) is 3.90. The number of nitrogens with zero attached hydrogens (tertiary/aromatic N) is 1. The van der Waals surface area contributed by atoms with Crippen molar-refractivity contribution in [1.82, 2.24) is 4.31 Å². The Hall–Kier alpha value is -1.07. The molecule has 0 saturated heterocycles. The number of rotatable bonds is 5. The molecule has 3 nitrogen and oxygen atoms in total. The third kappa shape index (κ3) is 3.98. The second-order valence-electron chi connectivity index (χ2n) is 4.67. The van der Waals surface area contributed by atoms with E-state index in [4.69, 9.17) is 23.2 Å². The SMILES string of the molecule is CN(Cc1ccc(Cl)cc1)S(=O)(=O)c1ccc(CCl)cc1. The zero-order chi connectivity index (χ0) is 15.5. The molecular weight excluding hydrogens is 329 g/mol. The van der Waals surface area contributed by atoms with E-state index >= 15 is 0 Å². The molecule has 0 spiro atoms. The number of alkyl halides is 1. The minimum absolute atomic E-state index is 0.257. The Kier molecular flexibility index (Phi) is 5.27. The number of hydrogen-bond acceptors (Lipinski definition) is 2. The fraction of sp³-hybridized carbons (Fsp3) is 0.200. The summed E-state index contributed by atoms with van der Waals surface area (Å²) in [4.78, 5) is 0.257. The van der Waals surface area contributed by atoms with Gasteiger partial charge in [0.15, 0.2) is 0 Å². The number of benzene rings is 2. The summed E-state index contributed by atoms with van der Waals surface area (Å²) in [5.74, 6) is 0.362. The summed E-state index contributed by atoms with van der Waals surface area (Å²) >= 11 is 11.5. The lowest BCUT2D eigenvalue weighted by Crippen LogP contribution is -2.26. The van der Waals surface area contributed by atoms with Crippen LogP contribution >= 0.6 is 23.2 Å². The Morgan fingerprint density at radius 2 is 1.48 bits per heavy atom. The molecule has 0 N–H and O–H groups in total. The molecule has 2 aromatic carbocycles. The molecular formula is C15H15Cl2NO2S. The van der Waals surface area contributed by atoms with Crippen molar-refractivity contribution in [2.24, 2.45) is 0 Å². The summed E-state index contributed by atoms with van der Waals surface area (Å²) in [5.41, 5.74) is 1.76. The molecule has 0 aromatic heterocycles. The van der Waals surface area contributed by atoms with Crippen LogP contribution in [-0.4, -0.2) is 19.8 Å². The topological polar surface area (TPSA) is 37.4 Å². The van der Waals surface area contributed by atoms with Crippen LogP contribution in [0.1, 0.15) is 11.1 Å². The van der Waals surface area contributed by atoms with E-state index in [2.05, 4.69) is 0 Å². The fourth-order valence-electron chi connectivity index (χ4n) is 1.86. The molecule has 0 aliphatic heterocycles. The van der Waals surface area contributed by atoms with Crippen molar-refractivity contribution < 1.29 is 8.42 Å². The lowest BCUT2D eigenvalue weighted by Gasteiger charge is -2.17. The first-order valence-electron chi connectivity index (χ1n) is 6.29. The largest absolute Gasteiger partial charge is 0.243 e. The molecule has 0 amide bonds. The first-order chi connectivity index (χ1) is 9.93. The summed E-state index contributed by atoms with van der Waals surface area (Å²) in [6.45, 7) is 0.288. The van der Waals surface area contributed by atoms with E-state index < -0.39 is 10.0 Å². The highest BCUT2D eigenvalue weighted by Crippen LogP contribution is 2.19. The van der Waals surface area contributed by atoms with Gasteiger partial charge >= 0.3 is 0 Å². The van der Waals surface area contributed by atoms with Crippen molar-refractivity contribution in [3.05, 3.63) is 64.7 Å². The Morgan fingerprint density at radius 3 is 2.00 bits per heavy atom. The van der Waals surface area contributed by atoms with Gasteiger partial charge in [0.2, 0.25) is 10.0 Å². The third-order valence-electron chi connectivity index (χ3n) is 3.10. The highest BCUT2D eigenvalue weighted by molar-refractivity contribution is 7.89. The maximum absolute atomic E-state index is 12.5. The molecule has 6 heteroatoms. The average Bonchev–Trinajstić information content (AvgIpc) is 2.49. The maximum atomic E-state index is 12.5. The molecule has 0 saturated carbocycles.